The first-order chi connectivity index (χ1) is 9.17. The number of aryl methyl sites for hydroxylation is 1. The van der Waals surface area contributed by atoms with Crippen LogP contribution >= 0.6 is 0 Å². The lowest BCUT2D eigenvalue weighted by Crippen LogP contribution is -2.36. The number of rotatable bonds is 6. The van der Waals surface area contributed by atoms with Gasteiger partial charge in [0.15, 0.2) is 0 Å². The van der Waals surface area contributed by atoms with Crippen LogP contribution in [0.5, 0.6) is 5.75 Å². The minimum absolute atomic E-state index is 0.0168. The zero-order valence-electron chi connectivity index (χ0n) is 12.0. The Balaban J connectivity index is 3.15. The molecule has 0 aromatic heterocycles. The standard InChI is InChI=1S/C12H20N2O4S2/c1-8-5-11(18-3)12(6-10(8)13)20(16,17)14-9(2)7-19(4)15/h5-6,9,14H,7,13H2,1-4H3. The van der Waals surface area contributed by atoms with Crippen molar-refractivity contribution in [3.63, 3.8) is 0 Å². The minimum Gasteiger partial charge on any atom is -0.495 e. The normalized spacial score (nSPS) is 14.8. The molecule has 8 heteroatoms. The van der Waals surface area contributed by atoms with Crippen molar-refractivity contribution in [2.24, 2.45) is 0 Å². The maximum Gasteiger partial charge on any atom is 0.244 e. The van der Waals surface area contributed by atoms with Crippen molar-refractivity contribution >= 4 is 26.5 Å². The Hall–Kier alpha value is -1.12. The van der Waals surface area contributed by atoms with Gasteiger partial charge in [0, 0.05) is 34.5 Å². The number of hydrogen-bond acceptors (Lipinski definition) is 5. The number of ether oxygens (including phenoxy) is 1. The van der Waals surface area contributed by atoms with E-state index in [1.54, 1.807) is 19.9 Å². The van der Waals surface area contributed by atoms with Gasteiger partial charge in [-0.25, -0.2) is 13.1 Å². The van der Waals surface area contributed by atoms with Crippen molar-refractivity contribution in [3.05, 3.63) is 17.7 Å². The third-order valence-electron chi connectivity index (χ3n) is 2.68. The van der Waals surface area contributed by atoms with Crippen molar-refractivity contribution in [2.45, 2.75) is 24.8 Å². The molecule has 0 fully saturated rings. The van der Waals surface area contributed by atoms with Crippen molar-refractivity contribution in [3.8, 4) is 5.75 Å². The highest BCUT2D eigenvalue weighted by atomic mass is 32.2. The molecule has 0 saturated heterocycles. The Morgan fingerprint density at radius 1 is 1.45 bits per heavy atom. The van der Waals surface area contributed by atoms with Crippen LogP contribution in [0.15, 0.2) is 17.0 Å². The lowest BCUT2D eigenvalue weighted by molar-refractivity contribution is 0.402. The quantitative estimate of drug-likeness (QED) is 0.749. The average Bonchev–Trinajstić information content (AvgIpc) is 2.29. The Labute approximate surface area is 122 Å². The lowest BCUT2D eigenvalue weighted by atomic mass is 10.2. The van der Waals surface area contributed by atoms with Gasteiger partial charge in [0.25, 0.3) is 0 Å². The van der Waals surface area contributed by atoms with Crippen molar-refractivity contribution < 1.29 is 17.4 Å². The number of nitrogens with two attached hydrogens (primary N) is 1. The first-order valence-electron chi connectivity index (χ1n) is 5.94. The van der Waals surface area contributed by atoms with Crippen LogP contribution < -0.4 is 15.2 Å². The van der Waals surface area contributed by atoms with E-state index in [-0.39, 0.29) is 16.4 Å². The molecule has 20 heavy (non-hydrogen) atoms. The van der Waals surface area contributed by atoms with E-state index in [9.17, 15) is 12.6 Å². The third-order valence-corrected chi connectivity index (χ3v) is 5.26. The van der Waals surface area contributed by atoms with E-state index < -0.39 is 26.9 Å². The number of benzene rings is 1. The van der Waals surface area contributed by atoms with Crippen LogP contribution in [0, 0.1) is 6.92 Å². The fourth-order valence-electron chi connectivity index (χ4n) is 1.76. The highest BCUT2D eigenvalue weighted by molar-refractivity contribution is 7.89. The maximum absolute atomic E-state index is 12.3. The average molecular weight is 320 g/mol. The molecule has 0 saturated carbocycles. The first-order valence-corrected chi connectivity index (χ1v) is 9.15. The number of anilines is 1. The van der Waals surface area contributed by atoms with Crippen molar-refractivity contribution in [1.82, 2.24) is 4.72 Å². The molecular weight excluding hydrogens is 300 g/mol. The zero-order chi connectivity index (χ0) is 15.5. The second-order valence-electron chi connectivity index (χ2n) is 4.62. The summed E-state index contributed by atoms with van der Waals surface area (Å²) in [5.41, 5.74) is 6.87. The van der Waals surface area contributed by atoms with E-state index in [1.165, 1.54) is 19.4 Å². The fourth-order valence-corrected chi connectivity index (χ4v) is 4.08. The van der Waals surface area contributed by atoms with Crippen LogP contribution in [0.25, 0.3) is 0 Å². The number of hydrogen-bond donors (Lipinski definition) is 2. The van der Waals surface area contributed by atoms with Crippen LogP contribution in [-0.4, -0.2) is 37.8 Å². The fraction of sp³-hybridized carbons (Fsp3) is 0.500. The molecule has 3 N–H and O–H groups in total. The molecule has 2 unspecified atom stereocenters. The zero-order valence-corrected chi connectivity index (χ0v) is 13.6. The molecule has 114 valence electrons. The summed E-state index contributed by atoms with van der Waals surface area (Å²) >= 11 is 0. The lowest BCUT2D eigenvalue weighted by Gasteiger charge is -2.16. The third kappa shape index (κ3) is 4.19. The van der Waals surface area contributed by atoms with E-state index in [0.29, 0.717) is 5.69 Å². The van der Waals surface area contributed by atoms with Crippen LogP contribution in [0.1, 0.15) is 12.5 Å². The maximum atomic E-state index is 12.3. The van der Waals surface area contributed by atoms with E-state index >= 15 is 0 Å². The van der Waals surface area contributed by atoms with Gasteiger partial charge in [-0.1, -0.05) is 0 Å². The summed E-state index contributed by atoms with van der Waals surface area (Å²) in [7, 11) is -3.46. The molecule has 0 heterocycles. The Morgan fingerprint density at radius 3 is 2.55 bits per heavy atom. The molecule has 6 nitrogen and oxygen atoms in total. The molecule has 0 spiro atoms. The van der Waals surface area contributed by atoms with Gasteiger partial charge in [0.1, 0.15) is 10.6 Å². The number of methoxy groups -OCH3 is 1. The van der Waals surface area contributed by atoms with Gasteiger partial charge in [-0.15, -0.1) is 0 Å². The second-order valence-corrected chi connectivity index (χ2v) is 7.78. The molecular formula is C12H20N2O4S2. The summed E-state index contributed by atoms with van der Waals surface area (Å²) in [4.78, 5) is -0.0168. The molecule has 0 aliphatic carbocycles. The van der Waals surface area contributed by atoms with Crippen LogP contribution in [0.4, 0.5) is 5.69 Å². The minimum atomic E-state index is -3.78. The number of nitrogen functional groups attached to an aromatic ring is 1. The SMILES string of the molecule is COc1cc(C)c(N)cc1S(=O)(=O)NC(C)CS(C)=O. The molecule has 0 radical (unpaired) electrons. The van der Waals surface area contributed by atoms with E-state index in [0.717, 1.165) is 5.56 Å². The Kier molecular flexibility index (Phi) is 5.55. The van der Waals surface area contributed by atoms with Gasteiger partial charge >= 0.3 is 0 Å². The highest BCUT2D eigenvalue weighted by Gasteiger charge is 2.23. The number of sulfonamides is 1. The van der Waals surface area contributed by atoms with E-state index in [4.69, 9.17) is 10.5 Å². The van der Waals surface area contributed by atoms with Gasteiger partial charge in [0.2, 0.25) is 10.0 Å². The highest BCUT2D eigenvalue weighted by Crippen LogP contribution is 2.28. The van der Waals surface area contributed by atoms with Gasteiger partial charge in [-0.3, -0.25) is 4.21 Å². The molecule has 2 atom stereocenters. The van der Waals surface area contributed by atoms with E-state index in [1.807, 2.05) is 0 Å². The summed E-state index contributed by atoms with van der Waals surface area (Å²) in [6.45, 7) is 3.42. The van der Waals surface area contributed by atoms with Crippen LogP contribution in [0.2, 0.25) is 0 Å². The van der Waals surface area contributed by atoms with Crippen LogP contribution in [-0.2, 0) is 20.8 Å². The van der Waals surface area contributed by atoms with E-state index in [2.05, 4.69) is 4.72 Å². The molecule has 1 rings (SSSR count). The van der Waals surface area contributed by atoms with Gasteiger partial charge in [-0.05, 0) is 31.5 Å². The smallest absolute Gasteiger partial charge is 0.244 e. The Bertz CT molecular complexity index is 614. The summed E-state index contributed by atoms with van der Waals surface area (Å²) in [6, 6.07) is 2.50. The summed E-state index contributed by atoms with van der Waals surface area (Å²) in [5.74, 6) is 0.470. The molecule has 0 aliphatic heterocycles. The first kappa shape index (κ1) is 16.9. The molecule has 1 aromatic rings. The summed E-state index contributed by atoms with van der Waals surface area (Å²) in [6.07, 6.45) is 1.52. The topological polar surface area (TPSA) is 98.5 Å². The predicted molar refractivity (Wildman–Crippen MR) is 80.9 cm³/mol. The van der Waals surface area contributed by atoms with Crippen molar-refractivity contribution in [2.75, 3.05) is 24.9 Å². The molecule has 0 amide bonds. The van der Waals surface area contributed by atoms with Crippen molar-refractivity contribution in [1.29, 1.82) is 0 Å². The Morgan fingerprint density at radius 2 is 2.05 bits per heavy atom. The van der Waals surface area contributed by atoms with Crippen LogP contribution in [0.3, 0.4) is 0 Å². The second kappa shape index (κ2) is 6.55. The number of nitrogens with one attached hydrogen (secondary N) is 1. The monoisotopic (exact) mass is 320 g/mol. The molecule has 1 aromatic carbocycles. The summed E-state index contributed by atoms with van der Waals surface area (Å²) in [5, 5.41) is 0. The van der Waals surface area contributed by atoms with Gasteiger partial charge in [-0.2, -0.15) is 0 Å². The molecule has 0 aliphatic rings. The summed E-state index contributed by atoms with van der Waals surface area (Å²) < 4.78 is 43.3. The van der Waals surface area contributed by atoms with Gasteiger partial charge < -0.3 is 10.5 Å². The largest absolute Gasteiger partial charge is 0.495 e. The molecule has 0 bridgehead atoms. The van der Waals surface area contributed by atoms with Gasteiger partial charge in [0.05, 0.1) is 7.11 Å². The predicted octanol–water partition coefficient (Wildman–Crippen LogP) is 0.631.